The summed E-state index contributed by atoms with van der Waals surface area (Å²) in [6.07, 6.45) is 0. The van der Waals surface area contributed by atoms with Crippen LogP contribution in [0.15, 0.2) is 47.0 Å². The minimum absolute atomic E-state index is 0.838. The highest BCUT2D eigenvalue weighted by atomic mass is 16.5. The molecule has 2 heteroatoms. The monoisotopic (exact) mass is 223 g/mol. The predicted molar refractivity (Wildman–Crippen MR) is 68.9 cm³/mol. The highest BCUT2D eigenvalue weighted by Crippen LogP contribution is 2.32. The summed E-state index contributed by atoms with van der Waals surface area (Å²) in [7, 11) is 0. The predicted octanol–water partition coefficient (Wildman–Crippen LogP) is 4.11. The SMILES string of the molecule is Cc1cccc(C)c1-c1noc2ccccc12. The lowest BCUT2D eigenvalue weighted by Crippen LogP contribution is -1.88. The molecule has 84 valence electrons. The normalized spacial score (nSPS) is 10.9. The molecule has 0 aliphatic carbocycles. The van der Waals surface area contributed by atoms with Crippen LogP contribution in [0.1, 0.15) is 11.1 Å². The fourth-order valence-electron chi connectivity index (χ4n) is 2.25. The largest absolute Gasteiger partial charge is 0.356 e. The molecule has 3 rings (SSSR count). The second-order valence-corrected chi connectivity index (χ2v) is 4.29. The molecule has 0 saturated heterocycles. The van der Waals surface area contributed by atoms with Crippen molar-refractivity contribution in [2.45, 2.75) is 13.8 Å². The van der Waals surface area contributed by atoms with Crippen LogP contribution in [-0.2, 0) is 0 Å². The van der Waals surface area contributed by atoms with Crippen LogP contribution in [0, 0.1) is 13.8 Å². The molecule has 0 aliphatic rings. The van der Waals surface area contributed by atoms with E-state index in [4.69, 9.17) is 4.52 Å². The van der Waals surface area contributed by atoms with Gasteiger partial charge in [-0.1, -0.05) is 35.5 Å². The zero-order valence-electron chi connectivity index (χ0n) is 9.90. The van der Waals surface area contributed by atoms with Crippen molar-refractivity contribution in [3.63, 3.8) is 0 Å². The third-order valence-electron chi connectivity index (χ3n) is 3.10. The number of para-hydroxylation sites is 1. The minimum Gasteiger partial charge on any atom is -0.356 e. The lowest BCUT2D eigenvalue weighted by Gasteiger charge is -2.06. The van der Waals surface area contributed by atoms with E-state index in [0.29, 0.717) is 0 Å². The van der Waals surface area contributed by atoms with Crippen molar-refractivity contribution < 1.29 is 4.52 Å². The van der Waals surface area contributed by atoms with Crippen molar-refractivity contribution in [3.8, 4) is 11.3 Å². The Labute approximate surface area is 99.9 Å². The smallest absolute Gasteiger partial charge is 0.167 e. The Bertz CT molecular complexity index is 662. The van der Waals surface area contributed by atoms with Gasteiger partial charge in [0.1, 0.15) is 5.69 Å². The van der Waals surface area contributed by atoms with Crippen molar-refractivity contribution in [2.75, 3.05) is 0 Å². The molecule has 0 bridgehead atoms. The molecule has 0 fully saturated rings. The molecular weight excluding hydrogens is 210 g/mol. The summed E-state index contributed by atoms with van der Waals surface area (Å²) >= 11 is 0. The molecule has 0 aliphatic heterocycles. The van der Waals surface area contributed by atoms with E-state index < -0.39 is 0 Å². The molecule has 3 aromatic rings. The summed E-state index contributed by atoms with van der Waals surface area (Å²) in [6.45, 7) is 4.21. The second-order valence-electron chi connectivity index (χ2n) is 4.29. The summed E-state index contributed by atoms with van der Waals surface area (Å²) in [4.78, 5) is 0. The maximum absolute atomic E-state index is 5.36. The molecule has 0 amide bonds. The van der Waals surface area contributed by atoms with E-state index in [1.54, 1.807) is 0 Å². The van der Waals surface area contributed by atoms with E-state index in [2.05, 4.69) is 37.2 Å². The first-order valence-electron chi connectivity index (χ1n) is 5.68. The number of fused-ring (bicyclic) bond motifs is 1. The van der Waals surface area contributed by atoms with Gasteiger partial charge in [-0.05, 0) is 37.1 Å². The van der Waals surface area contributed by atoms with E-state index in [-0.39, 0.29) is 0 Å². The third-order valence-corrected chi connectivity index (χ3v) is 3.10. The van der Waals surface area contributed by atoms with E-state index in [1.165, 1.54) is 16.7 Å². The lowest BCUT2D eigenvalue weighted by molar-refractivity contribution is 0.459. The third kappa shape index (κ3) is 1.53. The average Bonchev–Trinajstić information content (AvgIpc) is 2.73. The van der Waals surface area contributed by atoms with Crippen LogP contribution in [0.25, 0.3) is 22.2 Å². The molecule has 1 heterocycles. The molecule has 2 aromatic carbocycles. The summed E-state index contributed by atoms with van der Waals surface area (Å²) < 4.78 is 5.36. The highest BCUT2D eigenvalue weighted by Gasteiger charge is 2.13. The molecule has 0 radical (unpaired) electrons. The Morgan fingerprint density at radius 3 is 2.35 bits per heavy atom. The summed E-state index contributed by atoms with van der Waals surface area (Å²) in [5, 5.41) is 5.29. The van der Waals surface area contributed by atoms with Gasteiger partial charge in [-0.3, -0.25) is 0 Å². The fourth-order valence-corrected chi connectivity index (χ4v) is 2.25. The Balaban J connectivity index is 2.35. The molecule has 2 nitrogen and oxygen atoms in total. The topological polar surface area (TPSA) is 26.0 Å². The van der Waals surface area contributed by atoms with E-state index in [9.17, 15) is 0 Å². The first-order chi connectivity index (χ1) is 8.27. The highest BCUT2D eigenvalue weighted by molar-refractivity contribution is 5.93. The van der Waals surface area contributed by atoms with Gasteiger partial charge in [-0.2, -0.15) is 0 Å². The summed E-state index contributed by atoms with van der Waals surface area (Å²) in [5.74, 6) is 0. The number of aromatic nitrogens is 1. The van der Waals surface area contributed by atoms with Crippen LogP contribution >= 0.6 is 0 Å². The van der Waals surface area contributed by atoms with Crippen molar-refractivity contribution in [1.29, 1.82) is 0 Å². The Morgan fingerprint density at radius 2 is 1.59 bits per heavy atom. The van der Waals surface area contributed by atoms with Gasteiger partial charge in [-0.15, -0.1) is 0 Å². The van der Waals surface area contributed by atoms with Crippen molar-refractivity contribution in [2.24, 2.45) is 0 Å². The molecule has 1 aromatic heterocycles. The van der Waals surface area contributed by atoms with Crippen molar-refractivity contribution in [3.05, 3.63) is 53.6 Å². The standard InChI is InChI=1S/C15H13NO/c1-10-6-5-7-11(2)14(10)15-12-8-3-4-9-13(12)17-16-15/h3-9H,1-2H3. The zero-order chi connectivity index (χ0) is 11.8. The van der Waals surface area contributed by atoms with Crippen molar-refractivity contribution >= 4 is 11.0 Å². The first kappa shape index (κ1) is 10.1. The Hall–Kier alpha value is -2.09. The van der Waals surface area contributed by atoms with Crippen molar-refractivity contribution in [1.82, 2.24) is 5.16 Å². The van der Waals surface area contributed by atoms with Gasteiger partial charge in [0.15, 0.2) is 5.58 Å². The average molecular weight is 223 g/mol. The van der Waals surface area contributed by atoms with Gasteiger partial charge in [0.05, 0.1) is 0 Å². The maximum atomic E-state index is 5.36. The maximum Gasteiger partial charge on any atom is 0.167 e. The van der Waals surface area contributed by atoms with Crippen LogP contribution in [0.5, 0.6) is 0 Å². The van der Waals surface area contributed by atoms with Gasteiger partial charge < -0.3 is 4.52 Å². The minimum atomic E-state index is 0.838. The van der Waals surface area contributed by atoms with E-state index in [1.807, 2.05) is 24.3 Å². The molecule has 0 unspecified atom stereocenters. The number of aryl methyl sites for hydroxylation is 2. The summed E-state index contributed by atoms with van der Waals surface area (Å²) in [6, 6.07) is 14.2. The Kier molecular flexibility index (Phi) is 2.22. The number of hydrogen-bond donors (Lipinski definition) is 0. The molecule has 0 saturated carbocycles. The number of hydrogen-bond acceptors (Lipinski definition) is 2. The molecule has 17 heavy (non-hydrogen) atoms. The lowest BCUT2D eigenvalue weighted by atomic mass is 9.98. The van der Waals surface area contributed by atoms with Crippen LogP contribution in [0.3, 0.4) is 0 Å². The van der Waals surface area contributed by atoms with Gasteiger partial charge >= 0.3 is 0 Å². The Morgan fingerprint density at radius 1 is 0.882 bits per heavy atom. The van der Waals surface area contributed by atoms with Gasteiger partial charge in [0.2, 0.25) is 0 Å². The molecular formula is C15H13NO. The second kappa shape index (κ2) is 3.74. The van der Waals surface area contributed by atoms with Gasteiger partial charge in [0.25, 0.3) is 0 Å². The zero-order valence-corrected chi connectivity index (χ0v) is 9.90. The van der Waals surface area contributed by atoms with Gasteiger partial charge in [-0.25, -0.2) is 0 Å². The van der Waals surface area contributed by atoms with E-state index >= 15 is 0 Å². The first-order valence-corrected chi connectivity index (χ1v) is 5.68. The number of benzene rings is 2. The fraction of sp³-hybridized carbons (Fsp3) is 0.133. The quantitative estimate of drug-likeness (QED) is 0.620. The molecule has 0 N–H and O–H groups in total. The molecule has 0 atom stereocenters. The van der Waals surface area contributed by atoms with Gasteiger partial charge in [0, 0.05) is 10.9 Å². The number of rotatable bonds is 1. The summed E-state index contributed by atoms with van der Waals surface area (Å²) in [5.41, 5.74) is 5.41. The number of nitrogens with zero attached hydrogens (tertiary/aromatic N) is 1. The molecule has 0 spiro atoms. The van der Waals surface area contributed by atoms with Crippen LogP contribution in [0.4, 0.5) is 0 Å². The van der Waals surface area contributed by atoms with Crippen LogP contribution in [0.2, 0.25) is 0 Å². The van der Waals surface area contributed by atoms with E-state index in [0.717, 1.165) is 16.7 Å². The van der Waals surface area contributed by atoms with Crippen LogP contribution < -0.4 is 0 Å². The van der Waals surface area contributed by atoms with Crippen LogP contribution in [-0.4, -0.2) is 5.16 Å².